The molecule has 0 spiro atoms. The number of carboxylic acid groups (broad SMARTS) is 1. The summed E-state index contributed by atoms with van der Waals surface area (Å²) in [6, 6.07) is 80.5. The first-order chi connectivity index (χ1) is 55.9. The molecule has 2 fully saturated rings. The van der Waals surface area contributed by atoms with Crippen molar-refractivity contribution in [3.05, 3.63) is 304 Å². The molecule has 646 valence electrons. The first-order valence-electron chi connectivity index (χ1n) is 40.7. The molecule has 9 aromatic rings. The van der Waals surface area contributed by atoms with Crippen LogP contribution in [0.3, 0.4) is 0 Å². The summed E-state index contributed by atoms with van der Waals surface area (Å²) in [5.41, 5.74) is 10.8. The fourth-order valence-electron chi connectivity index (χ4n) is 13.3. The number of nitrogens with zero attached hydrogens (tertiary/aromatic N) is 1. The molecule has 1 saturated carbocycles. The van der Waals surface area contributed by atoms with Gasteiger partial charge in [-0.25, -0.2) is 0 Å². The van der Waals surface area contributed by atoms with Crippen molar-refractivity contribution in [3.63, 3.8) is 0 Å². The zero-order chi connectivity index (χ0) is 82.0. The van der Waals surface area contributed by atoms with Crippen LogP contribution in [0.5, 0.6) is 17.2 Å². The van der Waals surface area contributed by atoms with Gasteiger partial charge in [-0.2, -0.15) is 27.0 Å². The molecule has 17 nitrogen and oxygen atoms in total. The van der Waals surface area contributed by atoms with Crippen molar-refractivity contribution in [3.8, 4) is 17.2 Å². The first-order valence-corrected chi connectivity index (χ1v) is 40.0. The van der Waals surface area contributed by atoms with E-state index in [1.807, 2.05) is 263 Å². The van der Waals surface area contributed by atoms with Crippen LogP contribution in [0.15, 0.2) is 249 Å². The molecular formula is C99H130FN2NaO15S2. The molecule has 1 aliphatic heterocycles. The second-order valence-corrected chi connectivity index (χ2v) is 29.4. The molecule has 1 heterocycles. The van der Waals surface area contributed by atoms with Gasteiger partial charge in [-0.1, -0.05) is 279 Å². The topological polar surface area (TPSA) is 244 Å². The van der Waals surface area contributed by atoms with Gasteiger partial charge >= 0.3 is 47.5 Å². The zero-order valence-electron chi connectivity index (χ0n) is 70.3. The molecule has 0 radical (unpaired) electrons. The number of amides is 1. The number of nitrogens with one attached hydrogen (secondary N) is 1. The summed E-state index contributed by atoms with van der Waals surface area (Å²) in [7, 11) is -1.00. The van der Waals surface area contributed by atoms with Gasteiger partial charge in [-0.15, -0.1) is 0 Å². The van der Waals surface area contributed by atoms with E-state index in [1.54, 1.807) is 6.92 Å². The maximum Gasteiger partial charge on any atom is 1.00 e. The van der Waals surface area contributed by atoms with Crippen molar-refractivity contribution >= 4 is 62.4 Å². The van der Waals surface area contributed by atoms with E-state index in [9.17, 15) is 38.3 Å². The molecule has 1 amide bonds. The van der Waals surface area contributed by atoms with Gasteiger partial charge in [0, 0.05) is 50.8 Å². The molecule has 120 heavy (non-hydrogen) atoms. The minimum Gasteiger partial charge on any atom is -0.870 e. The van der Waals surface area contributed by atoms with Gasteiger partial charge in [0.1, 0.15) is 56.1 Å². The molecule has 21 heteroatoms. The molecule has 3 unspecified atom stereocenters. The summed E-state index contributed by atoms with van der Waals surface area (Å²) >= 11 is 0. The van der Waals surface area contributed by atoms with Gasteiger partial charge in [-0.05, 0) is 157 Å². The van der Waals surface area contributed by atoms with Gasteiger partial charge in [0.15, 0.2) is 5.78 Å². The molecule has 1 aliphatic carbocycles. The summed E-state index contributed by atoms with van der Waals surface area (Å²) in [5.74, 6) is 0.386. The average molecular weight is 1700 g/mol. The van der Waals surface area contributed by atoms with E-state index in [0.717, 1.165) is 99.8 Å². The van der Waals surface area contributed by atoms with Crippen LogP contribution in [0.1, 0.15) is 163 Å². The van der Waals surface area contributed by atoms with Crippen LogP contribution in [0.4, 0.5) is 4.39 Å². The van der Waals surface area contributed by atoms with Crippen molar-refractivity contribution in [1.29, 1.82) is 0 Å². The molecule has 11 rings (SSSR count). The van der Waals surface area contributed by atoms with Gasteiger partial charge < -0.3 is 49.4 Å². The zero-order valence-corrected chi connectivity index (χ0v) is 73.3. The molecule has 2 aliphatic rings. The fraction of sp³-hybridized carbons (Fsp3) is 0.394. The van der Waals surface area contributed by atoms with E-state index in [0.29, 0.717) is 116 Å². The van der Waals surface area contributed by atoms with E-state index in [-0.39, 0.29) is 137 Å². The number of carboxylic acids is 1. The van der Waals surface area contributed by atoms with Gasteiger partial charge in [-0.3, -0.25) is 38.1 Å². The quantitative estimate of drug-likeness (QED) is 0.0184. The number of unbranched alkanes of at least 4 members (excludes halogenated alkanes) is 1. The standard InChI is InChI=1S/C32H50N2O5.C24H24O3.C23H22O3.C17H18O3.CH3F.2CH4.Na.H2O.2H2S/c1-24-8-7-11-27(20-24)21-25(2)30(36)23-28(13-14-34-15-18-39-19-16-34)32(38)33-29(12-5-6-17-35)31(37)22-26-9-3-4-10-26;1-19(24(25)27-18-21-11-6-3-7-12-21)15-22-13-8-14-23(16-22)26-17-20-9-4-2-5-10-20;24-23(26-18-21-10-5-2-6-11-21)15-14-19-12-7-13-22(16-19)25-17-20-8-3-1-4-9-20;1-13(17(18)19)10-15-8-5-9-16(11-15)20-12-14-6-3-2-4-7-14;1-2;;;;;;/h7-8,11,20,25-26,28-29,35H,3-6,9-10,12-19,21-23H2,1-2H3,(H,33,38);2-14,16,19H,15,17-18H2,1H3;1-13,16H,14-15,17-18H2;2-9,11,13H,10,12H2,1H3,(H,18,19);1H3;2*1H4;;3*1H2/q;;;;;;;+1;;;/p-1/t25?,28-,29+;;;;;;;;;;/m1........../s1/i;;;;1D;;;;;;. The predicted octanol–water partition coefficient (Wildman–Crippen LogP) is 16.8. The number of carbonyl (C=O) groups excluding carboxylic acids is 5. The Bertz CT molecular complexity index is 4270. The van der Waals surface area contributed by atoms with Gasteiger partial charge in [0.05, 0.1) is 39.6 Å². The summed E-state index contributed by atoms with van der Waals surface area (Å²) in [4.78, 5) is 77.6. The normalized spacial score (nSPS) is 13.1. The molecule has 5 atom stereocenters. The van der Waals surface area contributed by atoms with Crippen LogP contribution in [0.2, 0.25) is 0 Å². The Morgan fingerprint density at radius 1 is 0.517 bits per heavy atom. The number of carbonyl (C=O) groups is 6. The number of aliphatic hydroxyl groups excluding tert-OH is 1. The second kappa shape index (κ2) is 64.0. The SMILES string of the molecule is C.C.CC(Cc1cccc(OCc2ccccc2)c1)C(=O)O.CC(Cc1cccc(OCc2ccccc2)c1)C(=O)OCc1ccccc1.Cc1cccc(CC(C)C(=O)C[C@@H](CCN2CCOCC2)C(=O)N[C@@H](CCCCO)C(=O)CC2CCCC2)c1.O=C(CCc1cccc(OCc2ccccc2)c1)OCc1ccccc1.S.S.[2H]CF.[Na+].[OH-]. The predicted molar refractivity (Wildman–Crippen MR) is 482 cm³/mol. The van der Waals surface area contributed by atoms with Crippen molar-refractivity contribution in [2.75, 3.05) is 46.6 Å². The van der Waals surface area contributed by atoms with Crippen LogP contribution in [0, 0.1) is 36.5 Å². The van der Waals surface area contributed by atoms with Crippen molar-refractivity contribution in [2.24, 2.45) is 29.6 Å². The molecular weight excluding hydrogens is 1560 g/mol. The number of aliphatic carboxylic acids is 1. The third-order valence-electron chi connectivity index (χ3n) is 19.9. The summed E-state index contributed by atoms with van der Waals surface area (Å²) in [5, 5.41) is 21.3. The molecule has 4 N–H and O–H groups in total. The number of ketones is 2. The maximum atomic E-state index is 13.7. The van der Waals surface area contributed by atoms with Crippen molar-refractivity contribution < 1.29 is 108 Å². The molecule has 1 saturated heterocycles. The average Bonchev–Trinajstić information content (AvgIpc) is 1.54. The third-order valence-corrected chi connectivity index (χ3v) is 19.9. The number of benzene rings is 9. The Hall–Kier alpha value is -8.93. The van der Waals surface area contributed by atoms with E-state index >= 15 is 0 Å². The smallest absolute Gasteiger partial charge is 0.870 e. The largest absolute Gasteiger partial charge is 1.00 e. The number of ether oxygens (including phenoxy) is 6. The Morgan fingerprint density at radius 3 is 1.37 bits per heavy atom. The van der Waals surface area contributed by atoms with E-state index < -0.39 is 25.1 Å². The Balaban J connectivity index is 0.000000804. The molecule has 0 aromatic heterocycles. The molecule has 0 bridgehead atoms. The Labute approximate surface area is 751 Å². The van der Waals surface area contributed by atoms with Crippen LogP contribution >= 0.6 is 27.0 Å². The van der Waals surface area contributed by atoms with Crippen molar-refractivity contribution in [2.45, 2.75) is 178 Å². The molecule has 9 aromatic carbocycles. The van der Waals surface area contributed by atoms with Crippen LogP contribution in [0.25, 0.3) is 0 Å². The summed E-state index contributed by atoms with van der Waals surface area (Å²) < 4.78 is 49.1. The number of esters is 2. The van der Waals surface area contributed by atoms with Crippen LogP contribution in [-0.2, 0) is 102 Å². The minimum absolute atomic E-state index is 0. The number of halogens is 1. The maximum absolute atomic E-state index is 13.7. The summed E-state index contributed by atoms with van der Waals surface area (Å²) in [6.07, 6.45) is 10.4. The Kier molecular flexibility index (Phi) is 57.1. The van der Waals surface area contributed by atoms with E-state index in [1.165, 1.54) is 18.4 Å². The number of aliphatic hydroxyl groups is 1. The number of hydrogen-bond donors (Lipinski definition) is 3. The Morgan fingerprint density at radius 2 is 0.917 bits per heavy atom. The minimum atomic E-state index is -1.00. The van der Waals surface area contributed by atoms with Crippen LogP contribution in [-0.4, -0.2) is 109 Å². The first kappa shape index (κ1) is 107. The number of Topliss-reactive ketones (excluding diaryl/α,β-unsaturated/α-hetero) is 2. The number of rotatable bonds is 39. The fourth-order valence-corrected chi connectivity index (χ4v) is 13.3. The van der Waals surface area contributed by atoms with E-state index in [2.05, 4.69) is 16.3 Å². The van der Waals surface area contributed by atoms with Crippen LogP contribution < -0.4 is 49.1 Å². The van der Waals surface area contributed by atoms with Gasteiger partial charge in [0.2, 0.25) is 5.91 Å². The second-order valence-electron chi connectivity index (χ2n) is 29.4. The monoisotopic (exact) mass is 1690 g/mol. The van der Waals surface area contributed by atoms with Gasteiger partial charge in [0.25, 0.3) is 0 Å². The number of hydrogen-bond acceptors (Lipinski definition) is 15. The van der Waals surface area contributed by atoms with E-state index in [4.69, 9.17) is 34.9 Å². The van der Waals surface area contributed by atoms with Crippen molar-refractivity contribution in [1.82, 2.24) is 10.2 Å². The number of aryl methyl sites for hydroxylation is 2. The third kappa shape index (κ3) is 44.0. The summed E-state index contributed by atoms with van der Waals surface area (Å²) in [6.45, 7) is 13.6. The number of alkyl halides is 1. The number of morpholine rings is 1.